The van der Waals surface area contributed by atoms with Crippen LogP contribution in [0.2, 0.25) is 5.02 Å². The first-order valence-electron chi connectivity index (χ1n) is 12.7. The van der Waals surface area contributed by atoms with Crippen molar-refractivity contribution < 1.29 is 23.8 Å². The number of allylic oxidation sites excluding steroid dienone is 1. The van der Waals surface area contributed by atoms with E-state index in [1.165, 1.54) is 15.9 Å². The Morgan fingerprint density at radius 2 is 1.68 bits per heavy atom. The molecule has 0 N–H and O–H groups in total. The number of hydrogen-bond donors (Lipinski definition) is 0. The first-order chi connectivity index (χ1) is 19.8. The molecule has 4 aromatic rings. The molecule has 208 valence electrons. The second kappa shape index (κ2) is 12.0. The predicted molar refractivity (Wildman–Crippen MR) is 156 cm³/mol. The van der Waals surface area contributed by atoms with Gasteiger partial charge in [0, 0.05) is 0 Å². The number of hydrogen-bond acceptors (Lipinski definition) is 8. The Bertz CT molecular complexity index is 1840. The molecule has 10 heteroatoms. The molecule has 0 saturated carbocycles. The third kappa shape index (κ3) is 5.73. The van der Waals surface area contributed by atoms with Gasteiger partial charge in [-0.2, -0.15) is 0 Å². The first kappa shape index (κ1) is 28.1. The Balaban J connectivity index is 1.51. The lowest BCUT2D eigenvalue weighted by Gasteiger charge is -2.24. The van der Waals surface area contributed by atoms with Gasteiger partial charge < -0.3 is 14.2 Å². The van der Waals surface area contributed by atoms with Crippen LogP contribution in [0.5, 0.6) is 11.5 Å². The van der Waals surface area contributed by atoms with E-state index in [2.05, 4.69) is 4.99 Å². The molecule has 0 fully saturated rings. The summed E-state index contributed by atoms with van der Waals surface area (Å²) in [6.45, 7) is 3.66. The highest BCUT2D eigenvalue weighted by Gasteiger charge is 2.33. The van der Waals surface area contributed by atoms with Gasteiger partial charge in [-0.15, -0.1) is 0 Å². The Kier molecular flexibility index (Phi) is 8.19. The molecule has 1 aromatic heterocycles. The summed E-state index contributed by atoms with van der Waals surface area (Å²) < 4.78 is 18.0. The Labute approximate surface area is 244 Å². The normalized spacial score (nSPS) is 14.7. The number of carbonyl (C=O) groups is 2. The summed E-state index contributed by atoms with van der Waals surface area (Å²) in [6, 6.07) is 19.9. The smallest absolute Gasteiger partial charge is 0.345 e. The summed E-state index contributed by atoms with van der Waals surface area (Å²) in [5, 5.41) is 0.304. The molecule has 2 heterocycles. The minimum absolute atomic E-state index is 0.194. The maximum Gasteiger partial charge on any atom is 0.345 e. The molecule has 1 aliphatic rings. The summed E-state index contributed by atoms with van der Waals surface area (Å²) in [5.41, 5.74) is 2.21. The van der Waals surface area contributed by atoms with Crippen LogP contribution in [0.1, 0.15) is 41.4 Å². The van der Waals surface area contributed by atoms with Gasteiger partial charge in [-0.3, -0.25) is 9.36 Å². The quantitative estimate of drug-likeness (QED) is 0.230. The Morgan fingerprint density at radius 3 is 2.34 bits per heavy atom. The minimum Gasteiger partial charge on any atom is -0.497 e. The minimum atomic E-state index is -0.718. The zero-order chi connectivity index (χ0) is 29.1. The summed E-state index contributed by atoms with van der Waals surface area (Å²) in [6.07, 6.45) is 1.73. The number of esters is 2. The predicted octanol–water partition coefficient (Wildman–Crippen LogP) is 4.68. The van der Waals surface area contributed by atoms with Crippen LogP contribution in [0.4, 0.5) is 0 Å². The lowest BCUT2D eigenvalue weighted by atomic mass is 9.96. The van der Waals surface area contributed by atoms with Crippen molar-refractivity contribution in [3.05, 3.63) is 125 Å². The van der Waals surface area contributed by atoms with Gasteiger partial charge in [-0.25, -0.2) is 14.6 Å². The average molecular weight is 589 g/mol. The molecule has 0 bridgehead atoms. The van der Waals surface area contributed by atoms with Gasteiger partial charge in [0.2, 0.25) is 0 Å². The lowest BCUT2D eigenvalue weighted by molar-refractivity contribution is -0.139. The van der Waals surface area contributed by atoms with Crippen molar-refractivity contribution in [2.75, 3.05) is 13.7 Å². The van der Waals surface area contributed by atoms with Crippen molar-refractivity contribution in [3.63, 3.8) is 0 Å². The monoisotopic (exact) mass is 588 g/mol. The molecule has 0 aliphatic carbocycles. The van der Waals surface area contributed by atoms with Crippen LogP contribution in [-0.2, 0) is 9.53 Å². The number of rotatable bonds is 7. The van der Waals surface area contributed by atoms with Gasteiger partial charge in [0.1, 0.15) is 11.5 Å². The SMILES string of the molecule is CCOC(=O)C1=C(C)N=c2s/c(=C\c3ccc(OC(=O)c4ccccc4Cl)cc3)c(=O)n2[C@H]1c1ccc(OC)cc1. The van der Waals surface area contributed by atoms with Crippen molar-refractivity contribution in [2.45, 2.75) is 19.9 Å². The van der Waals surface area contributed by atoms with Crippen LogP contribution in [0.25, 0.3) is 6.08 Å². The fourth-order valence-electron chi connectivity index (χ4n) is 4.47. The second-order valence-corrected chi connectivity index (χ2v) is 10.4. The van der Waals surface area contributed by atoms with Gasteiger partial charge in [-0.1, -0.05) is 59.3 Å². The van der Waals surface area contributed by atoms with E-state index in [4.69, 9.17) is 25.8 Å². The number of thiazole rings is 1. The second-order valence-electron chi connectivity index (χ2n) is 9.01. The molecule has 0 amide bonds. The third-order valence-electron chi connectivity index (χ3n) is 6.43. The fourth-order valence-corrected chi connectivity index (χ4v) is 5.72. The van der Waals surface area contributed by atoms with Crippen molar-refractivity contribution in [1.29, 1.82) is 0 Å². The summed E-state index contributed by atoms with van der Waals surface area (Å²) in [7, 11) is 1.57. The highest BCUT2D eigenvalue weighted by Crippen LogP contribution is 2.31. The van der Waals surface area contributed by atoms with E-state index in [0.717, 1.165) is 11.1 Å². The Hall–Kier alpha value is -4.47. The van der Waals surface area contributed by atoms with Gasteiger partial charge in [0.05, 0.1) is 46.1 Å². The number of halogens is 1. The van der Waals surface area contributed by atoms with E-state index in [-0.39, 0.29) is 17.7 Å². The van der Waals surface area contributed by atoms with E-state index in [0.29, 0.717) is 37.1 Å². The maximum absolute atomic E-state index is 13.8. The summed E-state index contributed by atoms with van der Waals surface area (Å²) in [4.78, 5) is 44.3. The van der Waals surface area contributed by atoms with Gasteiger partial charge >= 0.3 is 11.9 Å². The maximum atomic E-state index is 13.8. The highest BCUT2D eigenvalue weighted by atomic mass is 35.5. The zero-order valence-corrected chi connectivity index (χ0v) is 24.0. The number of fused-ring (bicyclic) bond motifs is 1. The van der Waals surface area contributed by atoms with E-state index in [1.807, 2.05) is 12.1 Å². The molecule has 0 unspecified atom stereocenters. The molecule has 41 heavy (non-hydrogen) atoms. The number of ether oxygens (including phenoxy) is 3. The van der Waals surface area contributed by atoms with E-state index >= 15 is 0 Å². The summed E-state index contributed by atoms with van der Waals surface area (Å²) >= 11 is 7.32. The van der Waals surface area contributed by atoms with Crippen LogP contribution in [0.15, 0.2) is 93.9 Å². The van der Waals surface area contributed by atoms with E-state index in [1.54, 1.807) is 87.7 Å². The summed E-state index contributed by atoms with van der Waals surface area (Å²) in [5.74, 6) is -0.1000. The molecular weight excluding hydrogens is 564 g/mol. The van der Waals surface area contributed by atoms with E-state index < -0.39 is 18.0 Å². The lowest BCUT2D eigenvalue weighted by Crippen LogP contribution is -2.39. The number of nitrogens with zero attached hydrogens (tertiary/aromatic N) is 2. The number of carbonyl (C=O) groups excluding carboxylic acids is 2. The van der Waals surface area contributed by atoms with Crippen LogP contribution < -0.4 is 24.4 Å². The van der Waals surface area contributed by atoms with Crippen LogP contribution in [-0.4, -0.2) is 30.2 Å². The Morgan fingerprint density at radius 1 is 1.00 bits per heavy atom. The molecule has 0 radical (unpaired) electrons. The molecule has 1 aliphatic heterocycles. The first-order valence-corrected chi connectivity index (χ1v) is 13.9. The molecule has 0 spiro atoms. The molecular formula is C31H25ClN2O6S. The zero-order valence-electron chi connectivity index (χ0n) is 22.4. The average Bonchev–Trinajstić information content (AvgIpc) is 3.27. The van der Waals surface area contributed by atoms with Crippen LogP contribution >= 0.6 is 22.9 Å². The number of methoxy groups -OCH3 is 1. The molecule has 8 nitrogen and oxygen atoms in total. The van der Waals surface area contributed by atoms with Crippen molar-refractivity contribution >= 4 is 41.0 Å². The molecule has 1 atom stereocenters. The third-order valence-corrected chi connectivity index (χ3v) is 7.74. The van der Waals surface area contributed by atoms with Crippen LogP contribution in [0.3, 0.4) is 0 Å². The van der Waals surface area contributed by atoms with Gasteiger partial charge in [0.15, 0.2) is 4.80 Å². The molecule has 0 saturated heterocycles. The largest absolute Gasteiger partial charge is 0.497 e. The topological polar surface area (TPSA) is 96.2 Å². The number of benzene rings is 3. The number of aromatic nitrogens is 1. The standard InChI is InChI=1S/C31H25ClN2O6S/c1-4-39-30(37)26-18(2)33-31-34(27(26)20-11-15-21(38-3)16-12-20)28(35)25(41-31)17-19-9-13-22(14-10-19)40-29(36)23-7-5-6-8-24(23)32/h5-17,27H,4H2,1-3H3/b25-17-/t27-/m0/s1. The van der Waals surface area contributed by atoms with Crippen molar-refractivity contribution in [3.8, 4) is 11.5 Å². The fraction of sp³-hybridized carbons (Fsp3) is 0.161. The molecule has 3 aromatic carbocycles. The van der Waals surface area contributed by atoms with Crippen molar-refractivity contribution in [1.82, 2.24) is 4.57 Å². The molecule has 5 rings (SSSR count). The van der Waals surface area contributed by atoms with Gasteiger partial charge in [0.25, 0.3) is 5.56 Å². The highest BCUT2D eigenvalue weighted by molar-refractivity contribution is 7.07. The van der Waals surface area contributed by atoms with E-state index in [9.17, 15) is 14.4 Å². The van der Waals surface area contributed by atoms with Crippen molar-refractivity contribution in [2.24, 2.45) is 4.99 Å². The van der Waals surface area contributed by atoms with Crippen LogP contribution in [0, 0.1) is 0 Å². The van der Waals surface area contributed by atoms with Gasteiger partial charge in [-0.05, 0) is 67.4 Å².